The molecule has 0 aliphatic heterocycles. The molecule has 0 saturated heterocycles. The van der Waals surface area contributed by atoms with Crippen molar-refractivity contribution in [1.82, 2.24) is 0 Å². The molecule has 0 aliphatic rings. The Balaban J connectivity index is 2.45. The molecular weight excluding hydrogens is 450 g/mol. The van der Waals surface area contributed by atoms with Crippen molar-refractivity contribution < 1.29 is 39.5 Å². The average molecular weight is 458 g/mol. The molecule has 29 heavy (non-hydrogen) atoms. The van der Waals surface area contributed by atoms with E-state index in [-0.39, 0.29) is 21.7 Å². The molecule has 1 aromatic carbocycles. The van der Waals surface area contributed by atoms with Crippen molar-refractivity contribution in [3.05, 3.63) is 63.8 Å². The van der Waals surface area contributed by atoms with Crippen molar-refractivity contribution in [3.63, 3.8) is 0 Å². The second-order valence-corrected chi connectivity index (χ2v) is 7.90. The third-order valence-corrected chi connectivity index (χ3v) is 5.94. The monoisotopic (exact) mass is 458 g/mol. The van der Waals surface area contributed by atoms with Crippen LogP contribution in [0.3, 0.4) is 0 Å². The van der Waals surface area contributed by atoms with E-state index in [1.54, 1.807) is 0 Å². The predicted octanol–water partition coefficient (Wildman–Crippen LogP) is 5.38. The van der Waals surface area contributed by atoms with Gasteiger partial charge < -0.3 is 0 Å². The molecule has 0 amide bonds. The van der Waals surface area contributed by atoms with E-state index in [2.05, 4.69) is 0 Å². The van der Waals surface area contributed by atoms with Gasteiger partial charge in [0.25, 0.3) is 6.71 Å². The van der Waals surface area contributed by atoms with Gasteiger partial charge in [-0.05, 0) is 37.9 Å². The third-order valence-electron chi connectivity index (χ3n) is 4.06. The molecule has 0 N–H and O–H groups in total. The first kappa shape index (κ1) is 21.8. The first-order chi connectivity index (χ1) is 13.3. The molecule has 0 fully saturated rings. The Morgan fingerprint density at radius 3 is 1.31 bits per heavy atom. The van der Waals surface area contributed by atoms with Gasteiger partial charge in [-0.3, -0.25) is 0 Å². The summed E-state index contributed by atoms with van der Waals surface area (Å²) in [6, 6.07) is 5.11. The summed E-state index contributed by atoms with van der Waals surface area (Å²) < 4.78 is 122. The number of hydrogen-bond acceptors (Lipinski definition) is 2. The van der Waals surface area contributed by atoms with E-state index in [0.717, 1.165) is 22.7 Å². The van der Waals surface area contributed by atoms with E-state index < -0.39 is 47.4 Å². The Labute approximate surface area is 166 Å². The fourth-order valence-corrected chi connectivity index (χ4v) is 4.71. The zero-order valence-electron chi connectivity index (χ0n) is 13.9. The van der Waals surface area contributed by atoms with Crippen LogP contribution in [0.2, 0.25) is 0 Å². The Kier molecular flexibility index (Phi) is 5.54. The largest absolute Gasteiger partial charge is 0.416 e. The molecule has 0 aliphatic carbocycles. The van der Waals surface area contributed by atoms with Gasteiger partial charge in [-0.25, -0.2) is 0 Å². The quantitative estimate of drug-likeness (QED) is 0.365. The molecule has 0 atom stereocenters. The van der Waals surface area contributed by atoms with Gasteiger partial charge in [0.05, 0.1) is 16.7 Å². The van der Waals surface area contributed by atoms with Crippen molar-refractivity contribution in [1.29, 1.82) is 0 Å². The van der Waals surface area contributed by atoms with Crippen molar-refractivity contribution >= 4 is 44.4 Å². The second kappa shape index (κ2) is 7.39. The molecule has 0 spiro atoms. The van der Waals surface area contributed by atoms with Gasteiger partial charge in [-0.1, -0.05) is 24.3 Å². The van der Waals surface area contributed by atoms with Crippen LogP contribution in [0.5, 0.6) is 0 Å². The summed E-state index contributed by atoms with van der Waals surface area (Å²) in [6.07, 6.45) is -16.2. The molecule has 3 rings (SSSR count). The number of alkyl halides is 9. The van der Waals surface area contributed by atoms with Crippen LogP contribution in [-0.2, 0) is 18.5 Å². The van der Waals surface area contributed by atoms with Crippen LogP contribution < -0.4 is 15.0 Å². The number of thiophene rings is 2. The number of rotatable bonds is 3. The van der Waals surface area contributed by atoms with Crippen LogP contribution in [0.4, 0.5) is 39.5 Å². The van der Waals surface area contributed by atoms with E-state index >= 15 is 0 Å². The average Bonchev–Trinajstić information content (AvgIpc) is 3.26. The van der Waals surface area contributed by atoms with Crippen molar-refractivity contribution in [2.75, 3.05) is 0 Å². The van der Waals surface area contributed by atoms with Crippen molar-refractivity contribution in [3.8, 4) is 0 Å². The molecule has 0 unspecified atom stereocenters. The molecular formula is C17H8BF9S2. The van der Waals surface area contributed by atoms with E-state index in [1.165, 1.54) is 35.0 Å². The van der Waals surface area contributed by atoms with Crippen LogP contribution in [0.15, 0.2) is 47.2 Å². The fraction of sp³-hybridized carbons (Fsp3) is 0.176. The lowest BCUT2D eigenvalue weighted by molar-refractivity contribution is -0.147. The van der Waals surface area contributed by atoms with Gasteiger partial charge in [-0.15, -0.1) is 0 Å². The van der Waals surface area contributed by atoms with Crippen LogP contribution >= 0.6 is 22.7 Å². The van der Waals surface area contributed by atoms with E-state index in [4.69, 9.17) is 0 Å². The number of halogens is 9. The second-order valence-electron chi connectivity index (χ2n) is 5.94. The summed E-state index contributed by atoms with van der Waals surface area (Å²) >= 11 is 1.84. The fourth-order valence-electron chi connectivity index (χ4n) is 2.93. The highest BCUT2D eigenvalue weighted by molar-refractivity contribution is 7.33. The predicted molar refractivity (Wildman–Crippen MR) is 94.7 cm³/mol. The maximum atomic E-state index is 13.7. The maximum Gasteiger partial charge on any atom is 0.416 e. The summed E-state index contributed by atoms with van der Waals surface area (Å²) in [5, 5.41) is 2.95. The van der Waals surface area contributed by atoms with Crippen molar-refractivity contribution in [2.24, 2.45) is 0 Å². The Bertz CT molecular complexity index is 899. The lowest BCUT2D eigenvalue weighted by atomic mass is 9.41. The zero-order valence-corrected chi connectivity index (χ0v) is 15.5. The first-order valence-corrected chi connectivity index (χ1v) is 9.52. The lowest BCUT2D eigenvalue weighted by Crippen LogP contribution is -2.54. The molecule has 0 saturated carbocycles. The minimum atomic E-state index is -5.43. The van der Waals surface area contributed by atoms with Crippen molar-refractivity contribution in [2.45, 2.75) is 18.5 Å². The summed E-state index contributed by atoms with van der Waals surface area (Å²) in [5.74, 6) is 0. The van der Waals surface area contributed by atoms with Gasteiger partial charge in [0.2, 0.25) is 0 Å². The number of benzene rings is 1. The molecule has 12 heteroatoms. The summed E-state index contributed by atoms with van der Waals surface area (Å²) in [7, 11) is 0. The van der Waals surface area contributed by atoms with E-state index in [1.807, 2.05) is 0 Å². The molecule has 154 valence electrons. The minimum absolute atomic E-state index is 0.156. The van der Waals surface area contributed by atoms with Crippen LogP contribution in [0.1, 0.15) is 16.7 Å². The molecule has 0 nitrogen and oxygen atoms in total. The SMILES string of the molecule is FC(F)(F)c1cc(C(F)(F)F)c(B(c2cccs2)c2cccs2)c(C(F)(F)F)c1. The minimum Gasteiger partial charge on any atom is -0.166 e. The summed E-state index contributed by atoms with van der Waals surface area (Å²) in [6.45, 7) is -1.51. The first-order valence-electron chi connectivity index (χ1n) is 7.76. The van der Waals surface area contributed by atoms with E-state index in [9.17, 15) is 39.5 Å². The molecule has 0 radical (unpaired) electrons. The van der Waals surface area contributed by atoms with Gasteiger partial charge in [0.1, 0.15) is 0 Å². The van der Waals surface area contributed by atoms with Gasteiger partial charge in [0.15, 0.2) is 0 Å². The Hall–Kier alpha value is -1.95. The summed E-state index contributed by atoms with van der Waals surface area (Å²) in [5.41, 5.74) is -7.14. The zero-order chi connectivity index (χ0) is 21.6. The topological polar surface area (TPSA) is 0 Å². The van der Waals surface area contributed by atoms with Gasteiger partial charge in [-0.2, -0.15) is 62.2 Å². The Morgan fingerprint density at radius 1 is 0.621 bits per heavy atom. The number of hydrogen-bond donors (Lipinski definition) is 0. The van der Waals surface area contributed by atoms with E-state index in [0.29, 0.717) is 0 Å². The molecule has 2 aromatic heterocycles. The highest BCUT2D eigenvalue weighted by Crippen LogP contribution is 2.39. The van der Waals surface area contributed by atoms with Crippen LogP contribution in [-0.4, -0.2) is 6.71 Å². The maximum absolute atomic E-state index is 13.7. The molecule has 3 aromatic rings. The van der Waals surface area contributed by atoms with Gasteiger partial charge >= 0.3 is 18.5 Å². The normalized spacial score (nSPS) is 13.0. The highest BCUT2D eigenvalue weighted by atomic mass is 32.1. The van der Waals surface area contributed by atoms with Crippen LogP contribution in [0, 0.1) is 0 Å². The molecule has 0 bridgehead atoms. The smallest absolute Gasteiger partial charge is 0.166 e. The van der Waals surface area contributed by atoms with Crippen LogP contribution in [0.25, 0.3) is 0 Å². The third kappa shape index (κ3) is 4.47. The standard InChI is InChI=1S/C17H8BF9S2/c19-15(20,21)9-7-10(16(22,23)24)14(11(8-9)17(25,26)27)18(12-3-1-5-28-12)13-4-2-6-29-13/h1-8H. The lowest BCUT2D eigenvalue weighted by Gasteiger charge is -2.24. The highest BCUT2D eigenvalue weighted by Gasteiger charge is 2.47. The molecule has 2 heterocycles. The summed E-state index contributed by atoms with van der Waals surface area (Å²) in [4.78, 5) is 0. The van der Waals surface area contributed by atoms with Gasteiger partial charge in [0, 0.05) is 0 Å². The Morgan fingerprint density at radius 2 is 1.03 bits per heavy atom.